The van der Waals surface area contributed by atoms with E-state index >= 15 is 0 Å². The van der Waals surface area contributed by atoms with Crippen molar-refractivity contribution in [3.63, 3.8) is 0 Å². The first-order valence-electron chi connectivity index (χ1n) is 12.4. The number of rotatable bonds is 8. The Hall–Kier alpha value is -4.46. The minimum Gasteiger partial charge on any atom is -0.454 e. The summed E-state index contributed by atoms with van der Waals surface area (Å²) in [5, 5.41) is 15.7. The number of nitrogens with one attached hydrogen (secondary N) is 1. The van der Waals surface area contributed by atoms with Crippen LogP contribution in [0.4, 0.5) is 28.4 Å². The van der Waals surface area contributed by atoms with Gasteiger partial charge in [-0.25, -0.2) is 0 Å². The van der Waals surface area contributed by atoms with Gasteiger partial charge >= 0.3 is 0 Å². The third kappa shape index (κ3) is 6.82. The summed E-state index contributed by atoms with van der Waals surface area (Å²) in [7, 11) is 0. The summed E-state index contributed by atoms with van der Waals surface area (Å²) >= 11 is 0. The number of fused-ring (bicyclic) bond motifs is 1. The molecule has 0 saturated heterocycles. The Morgan fingerprint density at radius 2 is 1.62 bits per heavy atom. The fourth-order valence-electron chi connectivity index (χ4n) is 3.99. The number of hydrogen-bond acceptors (Lipinski definition) is 7. The van der Waals surface area contributed by atoms with Gasteiger partial charge in [-0.2, -0.15) is 0 Å². The van der Waals surface area contributed by atoms with Crippen LogP contribution in [0.5, 0.6) is 11.5 Å². The van der Waals surface area contributed by atoms with Crippen molar-refractivity contribution in [2.24, 2.45) is 0 Å². The fraction of sp³-hybridized carbons (Fsp3) is 0.241. The van der Waals surface area contributed by atoms with E-state index in [2.05, 4.69) is 55.3 Å². The van der Waals surface area contributed by atoms with Crippen LogP contribution in [0.15, 0.2) is 72.8 Å². The summed E-state index contributed by atoms with van der Waals surface area (Å²) in [4.78, 5) is 12.0. The number of benzene rings is 4. The lowest BCUT2D eigenvalue weighted by Gasteiger charge is -2.21. The summed E-state index contributed by atoms with van der Waals surface area (Å²) in [5.41, 5.74) is 16.1. The lowest BCUT2D eigenvalue weighted by Crippen LogP contribution is -2.21. The number of non-ortho nitro benzene ring substituents is 1. The SMILES string of the molecule is CCNc1cc(C)c(N)c(Oc2cccc3cc(N(CC)CC)ccc23)c1.Nc1ccc([N+](=O)[O-])cc1. The second-order valence-corrected chi connectivity index (χ2v) is 8.52. The van der Waals surface area contributed by atoms with Gasteiger partial charge in [-0.3, -0.25) is 10.1 Å². The summed E-state index contributed by atoms with van der Waals surface area (Å²) in [6, 6.07) is 22.4. The third-order valence-electron chi connectivity index (χ3n) is 6.01. The molecule has 0 aliphatic rings. The Labute approximate surface area is 218 Å². The van der Waals surface area contributed by atoms with E-state index in [1.807, 2.05) is 31.2 Å². The summed E-state index contributed by atoms with van der Waals surface area (Å²) in [6.07, 6.45) is 0. The number of nitrogen functional groups attached to an aromatic ring is 2. The molecule has 4 rings (SSSR count). The van der Waals surface area contributed by atoms with Gasteiger partial charge in [0.2, 0.25) is 0 Å². The fourth-order valence-corrected chi connectivity index (χ4v) is 3.99. The van der Waals surface area contributed by atoms with Crippen molar-refractivity contribution < 1.29 is 9.66 Å². The first-order valence-corrected chi connectivity index (χ1v) is 12.4. The highest BCUT2D eigenvalue weighted by Crippen LogP contribution is 2.37. The smallest absolute Gasteiger partial charge is 0.269 e. The van der Waals surface area contributed by atoms with Crippen LogP contribution in [0, 0.1) is 17.0 Å². The monoisotopic (exact) mass is 501 g/mol. The number of nitrogens with zero attached hydrogens (tertiary/aromatic N) is 2. The van der Waals surface area contributed by atoms with Crippen LogP contribution in [0.2, 0.25) is 0 Å². The number of anilines is 4. The van der Waals surface area contributed by atoms with Gasteiger partial charge in [0.1, 0.15) is 5.75 Å². The zero-order valence-corrected chi connectivity index (χ0v) is 21.8. The second kappa shape index (κ2) is 12.5. The summed E-state index contributed by atoms with van der Waals surface area (Å²) < 4.78 is 6.26. The van der Waals surface area contributed by atoms with Gasteiger partial charge in [-0.15, -0.1) is 0 Å². The van der Waals surface area contributed by atoms with Crippen molar-refractivity contribution in [2.45, 2.75) is 27.7 Å². The van der Waals surface area contributed by atoms with Crippen molar-refractivity contribution in [1.29, 1.82) is 0 Å². The molecule has 0 atom stereocenters. The molecule has 0 aromatic heterocycles. The predicted molar refractivity (Wildman–Crippen MR) is 155 cm³/mol. The molecule has 37 heavy (non-hydrogen) atoms. The Morgan fingerprint density at radius 3 is 2.24 bits per heavy atom. The van der Waals surface area contributed by atoms with Gasteiger partial charge in [-0.1, -0.05) is 12.1 Å². The first-order chi connectivity index (χ1) is 17.8. The molecule has 0 heterocycles. The molecule has 5 N–H and O–H groups in total. The molecule has 0 amide bonds. The highest BCUT2D eigenvalue weighted by Gasteiger charge is 2.11. The molecule has 0 aliphatic heterocycles. The van der Waals surface area contributed by atoms with Gasteiger partial charge in [0.25, 0.3) is 5.69 Å². The minimum absolute atomic E-state index is 0.0641. The van der Waals surface area contributed by atoms with Gasteiger partial charge in [-0.05, 0) is 81.1 Å². The van der Waals surface area contributed by atoms with Crippen molar-refractivity contribution in [3.05, 3.63) is 88.5 Å². The highest BCUT2D eigenvalue weighted by atomic mass is 16.6. The van der Waals surface area contributed by atoms with E-state index in [1.165, 1.54) is 30.0 Å². The third-order valence-corrected chi connectivity index (χ3v) is 6.01. The maximum atomic E-state index is 10.1. The number of aryl methyl sites for hydroxylation is 1. The average molecular weight is 502 g/mol. The molecular weight excluding hydrogens is 466 g/mol. The van der Waals surface area contributed by atoms with E-state index in [1.54, 1.807) is 0 Å². The largest absolute Gasteiger partial charge is 0.454 e. The number of ether oxygens (including phenoxy) is 1. The van der Waals surface area contributed by atoms with E-state index in [9.17, 15) is 10.1 Å². The molecule has 0 unspecified atom stereocenters. The summed E-state index contributed by atoms with van der Waals surface area (Å²) in [5.74, 6) is 1.50. The van der Waals surface area contributed by atoms with E-state index in [0.29, 0.717) is 17.1 Å². The van der Waals surface area contributed by atoms with Gasteiger partial charge in [0.05, 0.1) is 10.6 Å². The van der Waals surface area contributed by atoms with E-state index in [-0.39, 0.29) is 5.69 Å². The predicted octanol–water partition coefficient (Wildman–Crippen LogP) is 6.98. The molecule has 0 aliphatic carbocycles. The lowest BCUT2D eigenvalue weighted by molar-refractivity contribution is -0.384. The highest BCUT2D eigenvalue weighted by molar-refractivity contribution is 5.91. The van der Waals surface area contributed by atoms with Crippen LogP contribution in [0.1, 0.15) is 26.3 Å². The maximum absolute atomic E-state index is 10.1. The molecule has 4 aromatic rings. The Balaban J connectivity index is 0.000000319. The molecule has 0 fully saturated rings. The van der Waals surface area contributed by atoms with Gasteiger partial charge in [0.15, 0.2) is 5.75 Å². The molecule has 0 spiro atoms. The Kier molecular flexibility index (Phi) is 9.16. The number of hydrogen-bond donors (Lipinski definition) is 3. The van der Waals surface area contributed by atoms with Crippen LogP contribution in [0.25, 0.3) is 10.8 Å². The topological polar surface area (TPSA) is 120 Å². The van der Waals surface area contributed by atoms with E-state index < -0.39 is 4.92 Å². The van der Waals surface area contributed by atoms with Crippen molar-refractivity contribution in [2.75, 3.05) is 41.3 Å². The van der Waals surface area contributed by atoms with Crippen LogP contribution in [-0.4, -0.2) is 24.6 Å². The van der Waals surface area contributed by atoms with Crippen molar-refractivity contribution >= 4 is 39.2 Å². The average Bonchev–Trinajstić information content (AvgIpc) is 2.88. The van der Waals surface area contributed by atoms with Crippen LogP contribution in [0.3, 0.4) is 0 Å². The second-order valence-electron chi connectivity index (χ2n) is 8.52. The molecule has 8 heteroatoms. The quantitative estimate of drug-likeness (QED) is 0.135. The van der Waals surface area contributed by atoms with Gasteiger partial charge in [0, 0.05) is 60.3 Å². The zero-order valence-electron chi connectivity index (χ0n) is 21.8. The number of nitro groups is 1. The van der Waals surface area contributed by atoms with Gasteiger partial charge < -0.3 is 26.4 Å². The maximum Gasteiger partial charge on any atom is 0.269 e. The van der Waals surface area contributed by atoms with Crippen LogP contribution < -0.4 is 26.4 Å². The van der Waals surface area contributed by atoms with E-state index in [0.717, 1.165) is 47.4 Å². The molecule has 0 saturated carbocycles. The molecule has 0 radical (unpaired) electrons. The molecular formula is C29H35N5O3. The summed E-state index contributed by atoms with van der Waals surface area (Å²) in [6.45, 7) is 11.3. The standard InChI is InChI=1S/C23H29N3O.C6H6N2O2/c1-5-25-18-13-16(4)23(24)22(15-18)27-21-10-8-9-17-14-19(11-12-20(17)21)26(6-2)7-3;7-5-1-3-6(4-2-5)8(9)10/h8-15,25H,5-7,24H2,1-4H3;1-4H,7H2. The molecule has 4 aromatic carbocycles. The lowest BCUT2D eigenvalue weighted by atomic mass is 10.1. The van der Waals surface area contributed by atoms with Crippen LogP contribution in [-0.2, 0) is 0 Å². The van der Waals surface area contributed by atoms with Crippen molar-refractivity contribution in [1.82, 2.24) is 0 Å². The van der Waals surface area contributed by atoms with Crippen LogP contribution >= 0.6 is 0 Å². The molecule has 194 valence electrons. The Morgan fingerprint density at radius 1 is 0.919 bits per heavy atom. The van der Waals surface area contributed by atoms with Crippen molar-refractivity contribution in [3.8, 4) is 11.5 Å². The zero-order chi connectivity index (χ0) is 26.9. The minimum atomic E-state index is -0.459. The number of nitrogens with two attached hydrogens (primary N) is 2. The first kappa shape index (κ1) is 27.1. The molecule has 8 nitrogen and oxygen atoms in total. The molecule has 0 bridgehead atoms. The normalized spacial score (nSPS) is 10.4. The van der Waals surface area contributed by atoms with E-state index in [4.69, 9.17) is 16.2 Å². The number of nitro benzene ring substituents is 1. The Bertz CT molecular complexity index is 1350.